The number of ether oxygens (including phenoxy) is 1. The molecule has 1 saturated heterocycles. The first kappa shape index (κ1) is 10.7. The van der Waals surface area contributed by atoms with Crippen molar-refractivity contribution in [3.05, 3.63) is 0 Å². The van der Waals surface area contributed by atoms with Crippen LogP contribution in [0, 0.1) is 0 Å². The largest absolute Gasteiger partial charge is 0.364 e. The van der Waals surface area contributed by atoms with Crippen LogP contribution in [0.15, 0.2) is 0 Å². The van der Waals surface area contributed by atoms with Crippen molar-refractivity contribution in [3.63, 3.8) is 0 Å². The minimum absolute atomic E-state index is 0.294. The maximum atomic E-state index is 11.1. The molecule has 1 fully saturated rings. The summed E-state index contributed by atoms with van der Waals surface area (Å²) in [4.78, 5) is 22.2. The lowest BCUT2D eigenvalue weighted by atomic mass is 10.1. The van der Waals surface area contributed by atoms with E-state index < -0.39 is 6.10 Å². The molecule has 0 amide bonds. The molecule has 1 atom stereocenters. The molecule has 0 saturated carbocycles. The molecular weight excluding hydrogens is 192 g/mol. The lowest BCUT2D eigenvalue weighted by Gasteiger charge is -1.96. The number of carbonyl (C=O) groups is 2. The van der Waals surface area contributed by atoms with Gasteiger partial charge in [-0.1, -0.05) is 6.42 Å². The second-order valence-electron chi connectivity index (χ2n) is 3.11. The molecule has 0 aromatic heterocycles. The predicted octanol–water partition coefficient (Wildman–Crippen LogP) is 1.32. The summed E-state index contributed by atoms with van der Waals surface area (Å²) in [6, 6.07) is 0. The third-order valence-electron chi connectivity index (χ3n) is 1.94. The molecule has 1 aliphatic heterocycles. The number of unbranched alkanes of at least 4 members (excludes halogenated alkanes) is 2. The van der Waals surface area contributed by atoms with E-state index in [1.54, 1.807) is 0 Å². The number of alkyl halides is 1. The Morgan fingerprint density at radius 2 is 2.00 bits per heavy atom. The Morgan fingerprint density at radius 3 is 2.54 bits per heavy atom. The van der Waals surface area contributed by atoms with Crippen LogP contribution in [-0.2, 0) is 14.3 Å². The van der Waals surface area contributed by atoms with Crippen LogP contribution in [0.5, 0.6) is 0 Å². The van der Waals surface area contributed by atoms with Gasteiger partial charge in [0.05, 0.1) is 6.61 Å². The van der Waals surface area contributed by atoms with Crippen LogP contribution in [0.1, 0.15) is 25.7 Å². The summed E-state index contributed by atoms with van der Waals surface area (Å²) >= 11 is 5.47. The van der Waals surface area contributed by atoms with Crippen LogP contribution >= 0.6 is 11.6 Å². The number of epoxide rings is 1. The van der Waals surface area contributed by atoms with Crippen LogP contribution in [0.3, 0.4) is 0 Å². The number of ketones is 2. The molecule has 3 nitrogen and oxygen atoms in total. The minimum atomic E-state index is -0.416. The second-order valence-corrected chi connectivity index (χ2v) is 3.49. The van der Waals surface area contributed by atoms with Gasteiger partial charge in [-0.2, -0.15) is 0 Å². The number of halogens is 1. The molecule has 13 heavy (non-hydrogen) atoms. The number of rotatable bonds is 7. The zero-order valence-electron chi connectivity index (χ0n) is 7.42. The van der Waals surface area contributed by atoms with E-state index in [0.717, 1.165) is 19.3 Å². The van der Waals surface area contributed by atoms with Gasteiger partial charge in [0.15, 0.2) is 0 Å². The summed E-state index contributed by atoms with van der Waals surface area (Å²) in [5, 5.41) is 0. The first-order valence-corrected chi connectivity index (χ1v) is 5.03. The van der Waals surface area contributed by atoms with Crippen LogP contribution in [0.2, 0.25) is 0 Å². The third kappa shape index (κ3) is 3.87. The quantitative estimate of drug-likeness (QED) is 0.272. The third-order valence-corrected chi connectivity index (χ3v) is 2.21. The topological polar surface area (TPSA) is 46.7 Å². The van der Waals surface area contributed by atoms with Crippen LogP contribution in [-0.4, -0.2) is 30.2 Å². The fraction of sp³-hybridized carbons (Fsp3) is 0.778. The van der Waals surface area contributed by atoms with Crippen molar-refractivity contribution < 1.29 is 14.3 Å². The van der Waals surface area contributed by atoms with Gasteiger partial charge >= 0.3 is 0 Å². The molecular formula is C9H13ClO3. The monoisotopic (exact) mass is 204 g/mol. The number of Topliss-reactive ketones (excluding diaryl/α,β-unsaturated/α-hetero) is 2. The molecule has 1 rings (SSSR count). The van der Waals surface area contributed by atoms with Gasteiger partial charge in [-0.15, -0.1) is 11.6 Å². The van der Waals surface area contributed by atoms with E-state index in [9.17, 15) is 9.59 Å². The molecule has 1 heterocycles. The van der Waals surface area contributed by atoms with E-state index in [1.807, 2.05) is 0 Å². The van der Waals surface area contributed by atoms with Crippen molar-refractivity contribution in [2.75, 3.05) is 12.5 Å². The molecule has 74 valence electrons. The number of hydrogen-bond acceptors (Lipinski definition) is 3. The Morgan fingerprint density at radius 1 is 1.31 bits per heavy atom. The molecule has 0 spiro atoms. The van der Waals surface area contributed by atoms with E-state index >= 15 is 0 Å². The Kier molecular flexibility index (Phi) is 4.39. The lowest BCUT2D eigenvalue weighted by Crippen LogP contribution is -2.19. The summed E-state index contributed by atoms with van der Waals surface area (Å²) in [6.07, 6.45) is 2.50. The second kappa shape index (κ2) is 5.35. The normalized spacial score (nSPS) is 19.9. The van der Waals surface area contributed by atoms with E-state index in [-0.39, 0.29) is 11.6 Å². The fourth-order valence-electron chi connectivity index (χ4n) is 1.06. The maximum Gasteiger partial charge on any atom is 0.229 e. The molecule has 0 aliphatic carbocycles. The van der Waals surface area contributed by atoms with Crippen molar-refractivity contribution in [1.82, 2.24) is 0 Å². The first-order chi connectivity index (χ1) is 6.25. The molecule has 0 aromatic carbocycles. The highest BCUT2D eigenvalue weighted by atomic mass is 35.5. The highest BCUT2D eigenvalue weighted by molar-refractivity contribution is 6.39. The standard InChI is InChI=1S/C9H13ClO3/c10-5-3-1-2-4-7(11)9(12)8-6-13-8/h8H,1-6H2. The van der Waals surface area contributed by atoms with Gasteiger partial charge in [0.25, 0.3) is 0 Å². The molecule has 0 aromatic rings. The van der Waals surface area contributed by atoms with Crippen molar-refractivity contribution in [2.24, 2.45) is 0 Å². The van der Waals surface area contributed by atoms with Crippen LogP contribution in [0.4, 0.5) is 0 Å². The SMILES string of the molecule is O=C(CCCCCCl)C(=O)C1CO1. The molecule has 1 unspecified atom stereocenters. The number of carbonyl (C=O) groups excluding carboxylic acids is 2. The summed E-state index contributed by atoms with van der Waals surface area (Å²) < 4.78 is 4.73. The molecule has 0 bridgehead atoms. The lowest BCUT2D eigenvalue weighted by molar-refractivity contribution is -0.137. The molecule has 0 N–H and O–H groups in total. The summed E-state index contributed by atoms with van der Waals surface area (Å²) in [7, 11) is 0. The first-order valence-electron chi connectivity index (χ1n) is 4.50. The summed E-state index contributed by atoms with van der Waals surface area (Å²) in [5.74, 6) is -0.0311. The Balaban J connectivity index is 2.06. The Hall–Kier alpha value is -0.410. The van der Waals surface area contributed by atoms with Crippen molar-refractivity contribution in [1.29, 1.82) is 0 Å². The van der Waals surface area contributed by atoms with Crippen molar-refractivity contribution in [2.45, 2.75) is 31.8 Å². The van der Waals surface area contributed by atoms with Crippen molar-refractivity contribution >= 4 is 23.2 Å². The van der Waals surface area contributed by atoms with E-state index in [4.69, 9.17) is 16.3 Å². The zero-order valence-corrected chi connectivity index (χ0v) is 8.18. The van der Waals surface area contributed by atoms with Crippen LogP contribution in [0.25, 0.3) is 0 Å². The molecule has 1 aliphatic rings. The van der Waals surface area contributed by atoms with Gasteiger partial charge in [-0.05, 0) is 12.8 Å². The zero-order chi connectivity index (χ0) is 9.68. The predicted molar refractivity (Wildman–Crippen MR) is 48.9 cm³/mol. The number of hydrogen-bond donors (Lipinski definition) is 0. The smallest absolute Gasteiger partial charge is 0.229 e. The van der Waals surface area contributed by atoms with Crippen LogP contribution < -0.4 is 0 Å². The average molecular weight is 205 g/mol. The van der Waals surface area contributed by atoms with Gasteiger partial charge in [0.2, 0.25) is 11.6 Å². The van der Waals surface area contributed by atoms with Gasteiger partial charge in [0.1, 0.15) is 6.10 Å². The van der Waals surface area contributed by atoms with E-state index in [0.29, 0.717) is 18.9 Å². The molecule has 0 radical (unpaired) electrons. The highest BCUT2D eigenvalue weighted by Crippen LogP contribution is 2.12. The fourth-order valence-corrected chi connectivity index (χ4v) is 1.25. The summed E-state index contributed by atoms with van der Waals surface area (Å²) in [5.41, 5.74) is 0. The maximum absolute atomic E-state index is 11.1. The van der Waals surface area contributed by atoms with Gasteiger partial charge in [-0.3, -0.25) is 9.59 Å². The minimum Gasteiger partial charge on any atom is -0.364 e. The van der Waals surface area contributed by atoms with Gasteiger partial charge in [-0.25, -0.2) is 0 Å². The van der Waals surface area contributed by atoms with Gasteiger partial charge in [0, 0.05) is 12.3 Å². The van der Waals surface area contributed by atoms with E-state index in [1.165, 1.54) is 0 Å². The van der Waals surface area contributed by atoms with Crippen molar-refractivity contribution in [3.8, 4) is 0 Å². The highest BCUT2D eigenvalue weighted by Gasteiger charge is 2.35. The van der Waals surface area contributed by atoms with E-state index in [2.05, 4.69) is 0 Å². The Bertz CT molecular complexity index is 199. The average Bonchev–Trinajstić information content (AvgIpc) is 2.94. The summed E-state index contributed by atoms with van der Waals surface area (Å²) in [6.45, 7) is 0.423. The van der Waals surface area contributed by atoms with Gasteiger partial charge < -0.3 is 4.74 Å². The molecule has 4 heteroatoms. The Labute approximate surface area is 82.4 Å².